The Kier molecular flexibility index (Phi) is 15.2. The van der Waals surface area contributed by atoms with E-state index in [-0.39, 0.29) is 12.0 Å². The number of hydrogen-bond acceptors (Lipinski definition) is 6. The molecule has 182 valence electrons. The van der Waals surface area contributed by atoms with E-state index in [9.17, 15) is 4.79 Å². The second-order valence-corrected chi connectivity index (χ2v) is 8.68. The van der Waals surface area contributed by atoms with Gasteiger partial charge in [0, 0.05) is 26.4 Å². The summed E-state index contributed by atoms with van der Waals surface area (Å²) in [4.78, 5) is 12.6. The number of carbonyl (C=O) groups is 1. The zero-order chi connectivity index (χ0) is 22.0. The van der Waals surface area contributed by atoms with Crippen molar-refractivity contribution in [3.63, 3.8) is 0 Å². The average molecular weight is 444 g/mol. The molecule has 2 fully saturated rings. The summed E-state index contributed by atoms with van der Waals surface area (Å²) in [5.74, 6) is 0.0305. The van der Waals surface area contributed by atoms with Crippen molar-refractivity contribution >= 4 is 5.91 Å². The number of unbranched alkanes of at least 4 members (excludes halogenated alkanes) is 7. The van der Waals surface area contributed by atoms with E-state index in [2.05, 4.69) is 12.2 Å². The number of nitrogens with one attached hydrogen (secondary N) is 1. The minimum absolute atomic E-state index is 0.0305. The fourth-order valence-corrected chi connectivity index (χ4v) is 3.34. The van der Waals surface area contributed by atoms with Crippen LogP contribution >= 0.6 is 0 Å². The molecular weight excluding hydrogens is 398 g/mol. The third-order valence-corrected chi connectivity index (χ3v) is 5.54. The summed E-state index contributed by atoms with van der Waals surface area (Å²) in [6.07, 6.45) is 12.1. The normalized spacial score (nSPS) is 20.5. The lowest BCUT2D eigenvalue weighted by Gasteiger charge is -2.18. The smallest absolute Gasteiger partial charge is 0.249 e. The fraction of sp³-hybridized carbons (Fsp3) is 0.958. The van der Waals surface area contributed by atoms with Crippen molar-refractivity contribution in [2.45, 2.75) is 95.9 Å². The van der Waals surface area contributed by atoms with Crippen molar-refractivity contribution in [1.29, 1.82) is 0 Å². The van der Waals surface area contributed by atoms with Crippen molar-refractivity contribution in [3.05, 3.63) is 0 Å². The molecule has 0 bridgehead atoms. The molecule has 0 spiro atoms. The molecule has 1 N–H and O–H groups in total. The first-order chi connectivity index (χ1) is 15.3. The molecule has 2 aliphatic heterocycles. The lowest BCUT2D eigenvalue weighted by molar-refractivity contribution is -0.133. The number of ether oxygens (including phenoxy) is 5. The lowest BCUT2D eigenvalue weighted by Crippen LogP contribution is -2.37. The Labute approximate surface area is 188 Å². The average Bonchev–Trinajstić information content (AvgIpc) is 3.68. The Morgan fingerprint density at radius 3 is 2.06 bits per heavy atom. The van der Waals surface area contributed by atoms with Crippen LogP contribution < -0.4 is 5.32 Å². The number of hydrogen-bond donors (Lipinski definition) is 1. The molecule has 2 aliphatic rings. The molecular formula is C24H45NO6. The lowest BCUT2D eigenvalue weighted by atomic mass is 10.1. The first-order valence-corrected chi connectivity index (χ1v) is 12.6. The predicted molar refractivity (Wildman–Crippen MR) is 120 cm³/mol. The van der Waals surface area contributed by atoms with Gasteiger partial charge >= 0.3 is 0 Å². The van der Waals surface area contributed by atoms with E-state index < -0.39 is 0 Å². The SMILES string of the molecule is CCCCCCCCC(OCCCCOCC1CO1)C(=O)NCCCCOCC1CO1. The van der Waals surface area contributed by atoms with Gasteiger partial charge in [0.2, 0.25) is 5.91 Å². The molecule has 2 saturated heterocycles. The minimum Gasteiger partial charge on any atom is -0.379 e. The van der Waals surface area contributed by atoms with E-state index in [1.807, 2.05) is 0 Å². The van der Waals surface area contributed by atoms with E-state index >= 15 is 0 Å². The molecule has 0 saturated carbocycles. The van der Waals surface area contributed by atoms with Gasteiger partial charge in [-0.05, 0) is 32.1 Å². The molecule has 0 radical (unpaired) electrons. The topological polar surface area (TPSA) is 81.9 Å². The molecule has 3 atom stereocenters. The molecule has 7 heteroatoms. The van der Waals surface area contributed by atoms with Crippen LogP contribution in [0.3, 0.4) is 0 Å². The molecule has 3 unspecified atom stereocenters. The van der Waals surface area contributed by atoms with Crippen molar-refractivity contribution in [2.75, 3.05) is 52.8 Å². The minimum atomic E-state index is -0.338. The quantitative estimate of drug-likeness (QED) is 0.192. The summed E-state index contributed by atoms with van der Waals surface area (Å²) in [6, 6.07) is 0. The van der Waals surface area contributed by atoms with E-state index in [0.29, 0.717) is 38.6 Å². The van der Waals surface area contributed by atoms with Crippen LogP contribution in [0.15, 0.2) is 0 Å². The highest BCUT2D eigenvalue weighted by molar-refractivity contribution is 5.80. The summed E-state index contributed by atoms with van der Waals surface area (Å²) in [6.45, 7) is 8.02. The number of carbonyl (C=O) groups excluding carboxylic acids is 1. The van der Waals surface area contributed by atoms with Crippen LogP contribution in [-0.2, 0) is 28.5 Å². The van der Waals surface area contributed by atoms with E-state index in [0.717, 1.165) is 65.0 Å². The fourth-order valence-electron chi connectivity index (χ4n) is 3.34. The maximum absolute atomic E-state index is 12.6. The second kappa shape index (κ2) is 17.8. The van der Waals surface area contributed by atoms with E-state index in [1.54, 1.807) is 0 Å². The summed E-state index contributed by atoms with van der Waals surface area (Å²) < 4.78 is 27.3. The second-order valence-electron chi connectivity index (χ2n) is 8.68. The van der Waals surface area contributed by atoms with Crippen LogP contribution in [0.2, 0.25) is 0 Å². The van der Waals surface area contributed by atoms with Crippen LogP contribution in [0.1, 0.15) is 77.6 Å². The molecule has 7 nitrogen and oxygen atoms in total. The summed E-state index contributed by atoms with van der Waals surface area (Å²) in [7, 11) is 0. The van der Waals surface area contributed by atoms with Gasteiger partial charge in [-0.2, -0.15) is 0 Å². The Hall–Kier alpha value is -0.730. The third kappa shape index (κ3) is 15.7. The standard InChI is InChI=1S/C24H45NO6/c1-2-3-4-5-6-7-12-23(29-16-11-10-15-28-18-22-20-31-22)24(26)25-13-8-9-14-27-17-21-19-30-21/h21-23H,2-20H2,1H3,(H,25,26). The highest BCUT2D eigenvalue weighted by Crippen LogP contribution is 2.12. The van der Waals surface area contributed by atoms with Gasteiger partial charge in [0.1, 0.15) is 18.3 Å². The zero-order valence-corrected chi connectivity index (χ0v) is 19.6. The molecule has 0 aromatic heterocycles. The molecule has 31 heavy (non-hydrogen) atoms. The van der Waals surface area contributed by atoms with Crippen molar-refractivity contribution in [2.24, 2.45) is 0 Å². The molecule has 0 aromatic rings. The third-order valence-electron chi connectivity index (χ3n) is 5.54. The van der Waals surface area contributed by atoms with E-state index in [4.69, 9.17) is 23.7 Å². The van der Waals surface area contributed by atoms with Crippen molar-refractivity contribution in [3.8, 4) is 0 Å². The monoisotopic (exact) mass is 443 g/mol. The van der Waals surface area contributed by atoms with Gasteiger partial charge in [-0.1, -0.05) is 45.4 Å². The first-order valence-electron chi connectivity index (χ1n) is 12.6. The van der Waals surface area contributed by atoms with Gasteiger partial charge in [-0.25, -0.2) is 0 Å². The summed E-state index contributed by atoms with van der Waals surface area (Å²) >= 11 is 0. The maximum Gasteiger partial charge on any atom is 0.249 e. The highest BCUT2D eigenvalue weighted by atomic mass is 16.6. The molecule has 1 amide bonds. The van der Waals surface area contributed by atoms with Crippen LogP contribution in [0.25, 0.3) is 0 Å². The van der Waals surface area contributed by atoms with Crippen molar-refractivity contribution < 1.29 is 28.5 Å². The first kappa shape index (κ1) is 26.5. The predicted octanol–water partition coefficient (Wildman–Crippen LogP) is 3.63. The van der Waals surface area contributed by atoms with Gasteiger partial charge < -0.3 is 29.0 Å². The number of amides is 1. The molecule has 0 aliphatic carbocycles. The van der Waals surface area contributed by atoms with Crippen LogP contribution in [0, 0.1) is 0 Å². The Balaban J connectivity index is 1.51. The number of rotatable bonds is 23. The van der Waals surface area contributed by atoms with Gasteiger partial charge in [-0.15, -0.1) is 0 Å². The Morgan fingerprint density at radius 1 is 0.839 bits per heavy atom. The maximum atomic E-state index is 12.6. The largest absolute Gasteiger partial charge is 0.379 e. The van der Waals surface area contributed by atoms with Gasteiger partial charge in [-0.3, -0.25) is 4.79 Å². The number of epoxide rings is 2. The molecule has 2 heterocycles. The van der Waals surface area contributed by atoms with Crippen molar-refractivity contribution in [1.82, 2.24) is 5.32 Å². The van der Waals surface area contributed by atoms with Gasteiger partial charge in [0.25, 0.3) is 0 Å². The summed E-state index contributed by atoms with van der Waals surface area (Å²) in [5, 5.41) is 3.05. The summed E-state index contributed by atoms with van der Waals surface area (Å²) in [5.41, 5.74) is 0. The zero-order valence-electron chi connectivity index (χ0n) is 19.6. The van der Waals surface area contributed by atoms with Gasteiger partial charge in [0.15, 0.2) is 0 Å². The van der Waals surface area contributed by atoms with Gasteiger partial charge in [0.05, 0.1) is 26.4 Å². The molecule has 0 aromatic carbocycles. The van der Waals surface area contributed by atoms with Crippen LogP contribution in [0.4, 0.5) is 0 Å². The van der Waals surface area contributed by atoms with E-state index in [1.165, 1.54) is 32.1 Å². The molecule has 2 rings (SSSR count). The van der Waals surface area contributed by atoms with Crippen LogP contribution in [-0.4, -0.2) is 77.0 Å². The highest BCUT2D eigenvalue weighted by Gasteiger charge is 2.23. The van der Waals surface area contributed by atoms with Crippen LogP contribution in [0.5, 0.6) is 0 Å². The Morgan fingerprint density at radius 2 is 1.42 bits per heavy atom. The Bertz CT molecular complexity index is 442.